The lowest BCUT2D eigenvalue weighted by molar-refractivity contribution is 0.0696. The lowest BCUT2D eigenvalue weighted by atomic mass is 10.1. The van der Waals surface area contributed by atoms with E-state index in [0.717, 1.165) is 12.1 Å². The molecule has 1 aromatic carbocycles. The van der Waals surface area contributed by atoms with Crippen molar-refractivity contribution in [3.63, 3.8) is 0 Å². The van der Waals surface area contributed by atoms with Gasteiger partial charge in [0.05, 0.1) is 16.9 Å². The molecule has 72 valence electrons. The highest BCUT2D eigenvalue weighted by Gasteiger charge is 2.10. The average molecular weight is 194 g/mol. The number of nitrogens with two attached hydrogens (primary N) is 1. The van der Waals surface area contributed by atoms with Gasteiger partial charge in [-0.15, -0.1) is 0 Å². The standard InChI is InChI=1S/C7H6N4O3/c8-6-4(10-11-9)1-3(7(13)14)2-5(6)12/h1-2,12H,8H2,(H,13,14). The molecule has 0 aliphatic rings. The van der Waals surface area contributed by atoms with E-state index in [1.165, 1.54) is 0 Å². The second kappa shape index (κ2) is 3.55. The summed E-state index contributed by atoms with van der Waals surface area (Å²) in [7, 11) is 0. The first-order valence-corrected chi connectivity index (χ1v) is 3.47. The van der Waals surface area contributed by atoms with E-state index in [1.807, 2.05) is 0 Å². The number of azide groups is 1. The predicted molar refractivity (Wildman–Crippen MR) is 48.3 cm³/mol. The van der Waals surface area contributed by atoms with E-state index in [9.17, 15) is 9.90 Å². The van der Waals surface area contributed by atoms with Gasteiger partial charge in [-0.05, 0) is 17.7 Å². The Hall–Kier alpha value is -2.40. The number of nitrogen functional groups attached to an aromatic ring is 1. The largest absolute Gasteiger partial charge is 0.506 e. The second-order valence-electron chi connectivity index (χ2n) is 2.42. The van der Waals surface area contributed by atoms with E-state index in [4.69, 9.17) is 16.4 Å². The molecule has 1 rings (SSSR count). The molecule has 4 N–H and O–H groups in total. The zero-order chi connectivity index (χ0) is 10.7. The number of carboxylic acids is 1. The highest BCUT2D eigenvalue weighted by atomic mass is 16.4. The number of anilines is 1. The maximum absolute atomic E-state index is 10.5. The summed E-state index contributed by atoms with van der Waals surface area (Å²) < 4.78 is 0. The molecule has 0 saturated carbocycles. The van der Waals surface area contributed by atoms with E-state index in [0.29, 0.717) is 0 Å². The molecule has 0 spiro atoms. The minimum atomic E-state index is -1.24. The number of carbonyl (C=O) groups is 1. The number of phenolic OH excluding ortho intramolecular Hbond substituents is 1. The first-order valence-electron chi connectivity index (χ1n) is 3.47. The lowest BCUT2D eigenvalue weighted by Crippen LogP contribution is -1.97. The summed E-state index contributed by atoms with van der Waals surface area (Å²) in [6.45, 7) is 0. The molecule has 0 aliphatic heterocycles. The van der Waals surface area contributed by atoms with E-state index >= 15 is 0 Å². The molecule has 0 aliphatic carbocycles. The van der Waals surface area contributed by atoms with Crippen molar-refractivity contribution in [3.05, 3.63) is 28.1 Å². The van der Waals surface area contributed by atoms with Crippen LogP contribution in [-0.2, 0) is 0 Å². The van der Waals surface area contributed by atoms with Crippen molar-refractivity contribution in [3.8, 4) is 5.75 Å². The molecule has 7 nitrogen and oxygen atoms in total. The number of benzene rings is 1. The van der Waals surface area contributed by atoms with Crippen LogP contribution in [0, 0.1) is 0 Å². The van der Waals surface area contributed by atoms with Crippen molar-refractivity contribution < 1.29 is 15.0 Å². The Bertz CT molecular complexity index is 437. The molecule has 0 saturated heterocycles. The summed E-state index contributed by atoms with van der Waals surface area (Å²) in [5.41, 5.74) is 13.0. The summed E-state index contributed by atoms with van der Waals surface area (Å²) in [5.74, 6) is -1.66. The van der Waals surface area contributed by atoms with Crippen molar-refractivity contribution in [2.75, 3.05) is 5.73 Å². The van der Waals surface area contributed by atoms with Crippen molar-refractivity contribution in [2.45, 2.75) is 0 Å². The van der Waals surface area contributed by atoms with Crippen LogP contribution >= 0.6 is 0 Å². The number of rotatable bonds is 2. The van der Waals surface area contributed by atoms with Gasteiger partial charge in [-0.3, -0.25) is 0 Å². The van der Waals surface area contributed by atoms with Gasteiger partial charge in [0.15, 0.2) is 0 Å². The first kappa shape index (κ1) is 9.69. The van der Waals surface area contributed by atoms with Gasteiger partial charge in [0.2, 0.25) is 0 Å². The first-order chi connectivity index (χ1) is 6.56. The van der Waals surface area contributed by atoms with Gasteiger partial charge in [0, 0.05) is 4.91 Å². The van der Waals surface area contributed by atoms with Crippen LogP contribution in [0.4, 0.5) is 11.4 Å². The second-order valence-corrected chi connectivity index (χ2v) is 2.42. The van der Waals surface area contributed by atoms with Gasteiger partial charge in [-0.1, -0.05) is 5.11 Å². The third-order valence-corrected chi connectivity index (χ3v) is 1.54. The number of hydrogen-bond acceptors (Lipinski definition) is 4. The number of nitrogens with zero attached hydrogens (tertiary/aromatic N) is 3. The highest BCUT2D eigenvalue weighted by molar-refractivity contribution is 5.91. The molecular weight excluding hydrogens is 188 g/mol. The third kappa shape index (κ3) is 1.67. The Morgan fingerprint density at radius 2 is 2.21 bits per heavy atom. The Morgan fingerprint density at radius 3 is 2.71 bits per heavy atom. The summed E-state index contributed by atoms with van der Waals surface area (Å²) in [6, 6.07) is 2.06. The topological polar surface area (TPSA) is 132 Å². The summed E-state index contributed by atoms with van der Waals surface area (Å²) in [5, 5.41) is 20.9. The van der Waals surface area contributed by atoms with Crippen LogP contribution in [0.1, 0.15) is 10.4 Å². The maximum atomic E-state index is 10.5. The molecule has 0 fully saturated rings. The molecule has 14 heavy (non-hydrogen) atoms. The molecular formula is C7H6N4O3. The molecule has 1 aromatic rings. The van der Waals surface area contributed by atoms with E-state index < -0.39 is 11.7 Å². The molecule has 0 aromatic heterocycles. The molecule has 7 heteroatoms. The number of aromatic carboxylic acids is 1. The monoisotopic (exact) mass is 194 g/mol. The lowest BCUT2D eigenvalue weighted by Gasteiger charge is -2.03. The van der Waals surface area contributed by atoms with E-state index in [2.05, 4.69) is 10.0 Å². The van der Waals surface area contributed by atoms with Gasteiger partial charge in [-0.2, -0.15) is 0 Å². The Morgan fingerprint density at radius 1 is 1.57 bits per heavy atom. The van der Waals surface area contributed by atoms with Crippen LogP contribution in [0.25, 0.3) is 10.4 Å². The van der Waals surface area contributed by atoms with Gasteiger partial charge in [-0.25, -0.2) is 4.79 Å². The smallest absolute Gasteiger partial charge is 0.335 e. The number of phenols is 1. The number of carboxylic acid groups (broad SMARTS) is 1. The van der Waals surface area contributed by atoms with Crippen molar-refractivity contribution >= 4 is 17.3 Å². The van der Waals surface area contributed by atoms with Crippen LogP contribution in [0.15, 0.2) is 17.2 Å². The Kier molecular flexibility index (Phi) is 2.45. The molecule has 0 bridgehead atoms. The Balaban J connectivity index is 3.42. The average Bonchev–Trinajstić information content (AvgIpc) is 2.12. The van der Waals surface area contributed by atoms with Crippen LogP contribution in [0.3, 0.4) is 0 Å². The summed E-state index contributed by atoms with van der Waals surface area (Å²) in [4.78, 5) is 13.0. The van der Waals surface area contributed by atoms with Crippen LogP contribution in [0.5, 0.6) is 5.75 Å². The molecule has 0 radical (unpaired) electrons. The predicted octanol–water partition coefficient (Wildman–Crippen LogP) is 1.61. The van der Waals surface area contributed by atoms with Crippen molar-refractivity contribution in [2.24, 2.45) is 5.11 Å². The molecule has 0 atom stereocenters. The van der Waals surface area contributed by atoms with E-state index in [1.54, 1.807) is 0 Å². The van der Waals surface area contributed by atoms with Crippen LogP contribution in [0.2, 0.25) is 0 Å². The van der Waals surface area contributed by atoms with Gasteiger partial charge >= 0.3 is 5.97 Å². The number of aromatic hydroxyl groups is 1. The van der Waals surface area contributed by atoms with Crippen LogP contribution in [-0.4, -0.2) is 16.2 Å². The normalized spacial score (nSPS) is 9.14. The number of hydrogen-bond donors (Lipinski definition) is 3. The van der Waals surface area contributed by atoms with Gasteiger partial charge < -0.3 is 15.9 Å². The fraction of sp³-hybridized carbons (Fsp3) is 0. The minimum Gasteiger partial charge on any atom is -0.506 e. The minimum absolute atomic E-state index is 0.107. The third-order valence-electron chi connectivity index (χ3n) is 1.54. The van der Waals surface area contributed by atoms with Crippen molar-refractivity contribution in [1.29, 1.82) is 0 Å². The van der Waals surface area contributed by atoms with Gasteiger partial charge in [0.1, 0.15) is 5.75 Å². The maximum Gasteiger partial charge on any atom is 0.335 e. The zero-order valence-corrected chi connectivity index (χ0v) is 6.88. The fourth-order valence-electron chi connectivity index (χ4n) is 0.877. The van der Waals surface area contributed by atoms with Crippen molar-refractivity contribution in [1.82, 2.24) is 0 Å². The molecule has 0 heterocycles. The molecule has 0 amide bonds. The van der Waals surface area contributed by atoms with E-state index in [-0.39, 0.29) is 16.9 Å². The van der Waals surface area contributed by atoms with Gasteiger partial charge in [0.25, 0.3) is 0 Å². The zero-order valence-electron chi connectivity index (χ0n) is 6.88. The fourth-order valence-corrected chi connectivity index (χ4v) is 0.877. The van der Waals surface area contributed by atoms with Crippen LogP contribution < -0.4 is 5.73 Å². The molecule has 0 unspecified atom stereocenters. The summed E-state index contributed by atoms with van der Waals surface area (Å²) in [6.07, 6.45) is 0. The Labute approximate surface area is 78.0 Å². The SMILES string of the molecule is [N-]=[N+]=Nc1cc(C(=O)O)cc(O)c1N. The highest BCUT2D eigenvalue weighted by Crippen LogP contribution is 2.32. The quantitative estimate of drug-likeness (QED) is 0.217. The summed E-state index contributed by atoms with van der Waals surface area (Å²) >= 11 is 0.